The van der Waals surface area contributed by atoms with Crippen LogP contribution in [0.15, 0.2) is 0 Å². The number of hydrogen-bond donors (Lipinski definition) is 0. The SMILES string of the molecule is CCCCCCCCCCCCCCCCCC(Br)(Br)Br. The lowest BCUT2D eigenvalue weighted by Gasteiger charge is -2.10. The Kier molecular flexibility index (Phi) is 17.4. The molecule has 0 rings (SSSR count). The fraction of sp³-hybridized carbons (Fsp3) is 1.00. The first-order valence-corrected chi connectivity index (χ1v) is 11.5. The highest BCUT2D eigenvalue weighted by atomic mass is 80.0. The van der Waals surface area contributed by atoms with E-state index >= 15 is 0 Å². The molecule has 21 heavy (non-hydrogen) atoms. The van der Waals surface area contributed by atoms with E-state index in [-0.39, 0.29) is 2.14 Å². The molecule has 0 spiro atoms. The van der Waals surface area contributed by atoms with Gasteiger partial charge in [-0.2, -0.15) is 0 Å². The van der Waals surface area contributed by atoms with Gasteiger partial charge >= 0.3 is 0 Å². The van der Waals surface area contributed by atoms with E-state index in [1.54, 1.807) is 0 Å². The number of hydrogen-bond acceptors (Lipinski definition) is 0. The molecule has 0 atom stereocenters. The zero-order valence-electron chi connectivity index (χ0n) is 13.9. The molecule has 0 saturated heterocycles. The monoisotopic (exact) mass is 488 g/mol. The lowest BCUT2D eigenvalue weighted by molar-refractivity contribution is 0.531. The van der Waals surface area contributed by atoms with Crippen LogP contribution in [-0.4, -0.2) is 2.14 Å². The summed E-state index contributed by atoms with van der Waals surface area (Å²) in [6.45, 7) is 2.29. The molecule has 0 aromatic carbocycles. The molecular weight excluding hydrogens is 456 g/mol. The first-order valence-electron chi connectivity index (χ1n) is 9.13. The van der Waals surface area contributed by atoms with Crippen molar-refractivity contribution in [3.63, 3.8) is 0 Å². The van der Waals surface area contributed by atoms with Crippen LogP contribution in [0, 0.1) is 0 Å². The van der Waals surface area contributed by atoms with Crippen LogP contribution in [-0.2, 0) is 0 Å². The van der Waals surface area contributed by atoms with Gasteiger partial charge in [-0.25, -0.2) is 0 Å². The Morgan fingerprint density at radius 3 is 1.05 bits per heavy atom. The van der Waals surface area contributed by atoms with Gasteiger partial charge in [0.2, 0.25) is 0 Å². The van der Waals surface area contributed by atoms with Crippen molar-refractivity contribution in [2.24, 2.45) is 0 Å². The van der Waals surface area contributed by atoms with Crippen molar-refractivity contribution < 1.29 is 0 Å². The Hall–Kier alpha value is 1.44. The molecule has 0 aromatic rings. The third-order valence-corrected chi connectivity index (χ3v) is 5.25. The van der Waals surface area contributed by atoms with Crippen LogP contribution < -0.4 is 0 Å². The molecule has 0 aliphatic carbocycles. The number of unbranched alkanes of at least 4 members (excludes halogenated alkanes) is 14. The summed E-state index contributed by atoms with van der Waals surface area (Å²) >= 11 is 10.7. The second-order valence-electron chi connectivity index (χ2n) is 6.31. The van der Waals surface area contributed by atoms with E-state index in [1.807, 2.05) is 0 Å². The highest BCUT2D eigenvalue weighted by Crippen LogP contribution is 2.38. The van der Waals surface area contributed by atoms with E-state index in [0.29, 0.717) is 0 Å². The van der Waals surface area contributed by atoms with Crippen molar-refractivity contribution in [3.05, 3.63) is 0 Å². The van der Waals surface area contributed by atoms with Crippen molar-refractivity contribution in [1.82, 2.24) is 0 Å². The average molecular weight is 491 g/mol. The molecular formula is C18H35Br3. The molecule has 0 radical (unpaired) electrons. The van der Waals surface area contributed by atoms with Crippen LogP contribution in [0.3, 0.4) is 0 Å². The molecule has 0 heterocycles. The number of halogens is 3. The third-order valence-electron chi connectivity index (χ3n) is 4.06. The fourth-order valence-electron chi connectivity index (χ4n) is 2.70. The largest absolute Gasteiger partial charge is 0.135 e. The predicted molar refractivity (Wildman–Crippen MR) is 109 cm³/mol. The molecule has 0 aliphatic rings. The van der Waals surface area contributed by atoms with Gasteiger partial charge in [0.25, 0.3) is 0 Å². The smallest absolute Gasteiger partial charge is 0.0654 e. The Balaban J connectivity index is 3.00. The van der Waals surface area contributed by atoms with Crippen LogP contribution >= 0.6 is 47.8 Å². The quantitative estimate of drug-likeness (QED) is 0.158. The van der Waals surface area contributed by atoms with Crippen LogP contribution in [0.2, 0.25) is 0 Å². The summed E-state index contributed by atoms with van der Waals surface area (Å²) in [6.07, 6.45) is 22.6. The standard InChI is InChI=1S/C18H35Br3/c1-2-3-4-5-6-7-8-9-10-11-12-13-14-15-16-17-18(19,20)21/h2-17H2,1H3. The minimum Gasteiger partial charge on any atom is -0.0654 e. The molecule has 0 unspecified atom stereocenters. The zero-order chi connectivity index (χ0) is 15.8. The highest BCUT2D eigenvalue weighted by Gasteiger charge is 2.15. The van der Waals surface area contributed by atoms with Gasteiger partial charge in [0, 0.05) is 0 Å². The molecule has 128 valence electrons. The lowest BCUT2D eigenvalue weighted by atomic mass is 10.0. The normalized spacial score (nSPS) is 12.0. The van der Waals surface area contributed by atoms with E-state index in [4.69, 9.17) is 0 Å². The van der Waals surface area contributed by atoms with Gasteiger partial charge in [-0.1, -0.05) is 151 Å². The Bertz CT molecular complexity index is 199. The summed E-state index contributed by atoms with van der Waals surface area (Å²) in [5, 5.41) is 0. The van der Waals surface area contributed by atoms with E-state index in [2.05, 4.69) is 54.7 Å². The summed E-state index contributed by atoms with van der Waals surface area (Å²) in [5.74, 6) is 0. The van der Waals surface area contributed by atoms with Crippen molar-refractivity contribution >= 4 is 47.8 Å². The molecule has 3 heteroatoms. The van der Waals surface area contributed by atoms with Crippen LogP contribution in [0.4, 0.5) is 0 Å². The molecule has 0 amide bonds. The Labute approximate surface area is 159 Å². The van der Waals surface area contributed by atoms with Gasteiger partial charge in [-0.3, -0.25) is 0 Å². The van der Waals surface area contributed by atoms with Gasteiger partial charge in [0.05, 0.1) is 0 Å². The molecule has 0 fully saturated rings. The second kappa shape index (κ2) is 16.3. The maximum absolute atomic E-state index is 3.55. The number of alkyl halides is 3. The van der Waals surface area contributed by atoms with Crippen LogP contribution in [0.1, 0.15) is 110 Å². The Morgan fingerprint density at radius 2 is 0.762 bits per heavy atom. The highest BCUT2D eigenvalue weighted by molar-refractivity contribution is 9.39. The van der Waals surface area contributed by atoms with E-state index < -0.39 is 0 Å². The summed E-state index contributed by atoms with van der Waals surface area (Å²) in [7, 11) is 0. The first-order chi connectivity index (χ1) is 10.1. The zero-order valence-corrected chi connectivity index (χ0v) is 18.7. The topological polar surface area (TPSA) is 0 Å². The summed E-state index contributed by atoms with van der Waals surface area (Å²) in [6, 6.07) is 0. The first kappa shape index (κ1) is 22.4. The lowest BCUT2D eigenvalue weighted by Crippen LogP contribution is -1.98. The van der Waals surface area contributed by atoms with Crippen molar-refractivity contribution in [1.29, 1.82) is 0 Å². The van der Waals surface area contributed by atoms with Crippen molar-refractivity contribution in [3.8, 4) is 0 Å². The molecule has 0 aromatic heterocycles. The van der Waals surface area contributed by atoms with Gasteiger partial charge < -0.3 is 0 Å². The molecule has 0 saturated carbocycles. The molecule has 0 N–H and O–H groups in total. The summed E-state index contributed by atoms with van der Waals surface area (Å²) < 4.78 is -0.0243. The van der Waals surface area contributed by atoms with Gasteiger partial charge in [0.15, 0.2) is 0 Å². The maximum Gasteiger partial charge on any atom is 0.135 e. The fourth-order valence-corrected chi connectivity index (χ4v) is 3.54. The van der Waals surface area contributed by atoms with Crippen molar-refractivity contribution in [2.75, 3.05) is 0 Å². The minimum absolute atomic E-state index is 0.0243. The van der Waals surface area contributed by atoms with Crippen LogP contribution in [0.5, 0.6) is 0 Å². The van der Waals surface area contributed by atoms with Gasteiger partial charge in [-0.05, 0) is 6.42 Å². The van der Waals surface area contributed by atoms with E-state index in [0.717, 1.165) is 6.42 Å². The number of rotatable bonds is 15. The van der Waals surface area contributed by atoms with E-state index in [9.17, 15) is 0 Å². The Morgan fingerprint density at radius 1 is 0.476 bits per heavy atom. The average Bonchev–Trinajstić information content (AvgIpc) is 2.42. The summed E-state index contributed by atoms with van der Waals surface area (Å²) in [5.41, 5.74) is 0. The van der Waals surface area contributed by atoms with Gasteiger partial charge in [-0.15, -0.1) is 0 Å². The third kappa shape index (κ3) is 21.4. The molecule has 0 bridgehead atoms. The maximum atomic E-state index is 3.55. The predicted octanol–water partition coefficient (Wildman–Crippen LogP) is 9.09. The van der Waals surface area contributed by atoms with E-state index in [1.165, 1.54) is 96.3 Å². The second-order valence-corrected chi connectivity index (χ2v) is 13.6. The minimum atomic E-state index is -0.0243. The van der Waals surface area contributed by atoms with Crippen molar-refractivity contribution in [2.45, 2.75) is 112 Å². The molecule has 0 nitrogen and oxygen atoms in total. The van der Waals surface area contributed by atoms with Gasteiger partial charge in [0.1, 0.15) is 2.14 Å². The van der Waals surface area contributed by atoms with Crippen LogP contribution in [0.25, 0.3) is 0 Å². The summed E-state index contributed by atoms with van der Waals surface area (Å²) in [4.78, 5) is 0. The molecule has 0 aliphatic heterocycles.